The zero-order chi connectivity index (χ0) is 22.8. The number of ether oxygens (including phenoxy) is 2. The minimum atomic E-state index is -0.803. The Morgan fingerprint density at radius 3 is 2.36 bits per heavy atom. The second kappa shape index (κ2) is 10.1. The Bertz CT molecular complexity index is 836. The number of morpholine rings is 1. The van der Waals surface area contributed by atoms with Crippen molar-refractivity contribution in [1.82, 2.24) is 0 Å². The van der Waals surface area contributed by atoms with E-state index < -0.39 is 6.10 Å². The van der Waals surface area contributed by atoms with Gasteiger partial charge in [-0.3, -0.25) is 9.59 Å². The van der Waals surface area contributed by atoms with Gasteiger partial charge in [-0.1, -0.05) is 6.42 Å². The van der Waals surface area contributed by atoms with Gasteiger partial charge in [0.2, 0.25) is 0 Å². The molecule has 6 nitrogen and oxygen atoms in total. The molecule has 4 fully saturated rings. The molecule has 4 aliphatic rings. The third-order valence-electron chi connectivity index (χ3n) is 7.63. The van der Waals surface area contributed by atoms with Crippen LogP contribution in [0.1, 0.15) is 39.0 Å². The van der Waals surface area contributed by atoms with Crippen LogP contribution in [-0.4, -0.2) is 59.9 Å². The van der Waals surface area contributed by atoms with Crippen LogP contribution in [0.25, 0.3) is 0 Å². The van der Waals surface area contributed by atoms with Crippen LogP contribution in [0.15, 0.2) is 24.3 Å². The Hall–Kier alpha value is -1.38. The van der Waals surface area contributed by atoms with E-state index in [-0.39, 0.29) is 17.8 Å². The van der Waals surface area contributed by atoms with Crippen LogP contribution in [0, 0.1) is 17.8 Å². The van der Waals surface area contributed by atoms with E-state index in [4.69, 9.17) is 9.47 Å². The van der Waals surface area contributed by atoms with Gasteiger partial charge < -0.3 is 19.7 Å². The van der Waals surface area contributed by atoms with Crippen LogP contribution in [0.3, 0.4) is 0 Å². The summed E-state index contributed by atoms with van der Waals surface area (Å²) in [6.07, 6.45) is 4.73. The Morgan fingerprint density at radius 1 is 1.09 bits per heavy atom. The van der Waals surface area contributed by atoms with Crippen LogP contribution in [0.5, 0.6) is 0 Å². The summed E-state index contributed by atoms with van der Waals surface area (Å²) in [6.45, 7) is 4.90. The van der Waals surface area contributed by atoms with Crippen molar-refractivity contribution in [2.24, 2.45) is 17.8 Å². The lowest BCUT2D eigenvalue weighted by atomic mass is 9.67. The van der Waals surface area contributed by atoms with Crippen molar-refractivity contribution in [2.45, 2.75) is 49.2 Å². The molecule has 1 amide bonds. The number of hydrogen-bond donors (Lipinski definition) is 1. The maximum absolute atomic E-state index is 13.0. The molecule has 0 radical (unpaired) electrons. The molecule has 5 rings (SSSR count). The molecule has 2 bridgehead atoms. The quantitative estimate of drug-likeness (QED) is 0.614. The monoisotopic (exact) mass is 490 g/mol. The second-order valence-electron chi connectivity index (χ2n) is 9.63. The van der Waals surface area contributed by atoms with Crippen molar-refractivity contribution in [1.29, 1.82) is 0 Å². The molecular formula is C25H34N2O4S2. The summed E-state index contributed by atoms with van der Waals surface area (Å²) in [4.78, 5) is 28.0. The zero-order valence-corrected chi connectivity index (χ0v) is 20.9. The maximum atomic E-state index is 13.0. The summed E-state index contributed by atoms with van der Waals surface area (Å²) in [5.74, 6) is 3.10. The first kappa shape index (κ1) is 23.4. The lowest BCUT2D eigenvalue weighted by Crippen LogP contribution is -2.48. The Morgan fingerprint density at radius 2 is 1.73 bits per heavy atom. The van der Waals surface area contributed by atoms with E-state index in [9.17, 15) is 9.59 Å². The second-order valence-corrected chi connectivity index (χ2v) is 12.6. The SMILES string of the molecule is C[C@H](OC(=O)C1C[C@H]2CCC[C@@H](C1)C21SCCS1)C(=O)Nc1ccc(N2CCOCC2)cc1. The summed E-state index contributed by atoms with van der Waals surface area (Å²) < 4.78 is 11.4. The van der Waals surface area contributed by atoms with Gasteiger partial charge in [0.1, 0.15) is 0 Å². The summed E-state index contributed by atoms with van der Waals surface area (Å²) in [5, 5.41) is 2.89. The normalized spacial score (nSPS) is 29.5. The molecule has 2 saturated carbocycles. The van der Waals surface area contributed by atoms with Gasteiger partial charge in [-0.15, -0.1) is 23.5 Å². The number of carbonyl (C=O) groups excluding carboxylic acids is 2. The number of hydrogen-bond acceptors (Lipinski definition) is 7. The van der Waals surface area contributed by atoms with Gasteiger partial charge in [-0.05, 0) is 68.7 Å². The lowest BCUT2D eigenvalue weighted by molar-refractivity contribution is -0.159. The van der Waals surface area contributed by atoms with Crippen LogP contribution >= 0.6 is 23.5 Å². The summed E-state index contributed by atoms with van der Waals surface area (Å²) >= 11 is 4.28. The van der Waals surface area contributed by atoms with E-state index >= 15 is 0 Å². The predicted octanol–water partition coefficient (Wildman–Crippen LogP) is 4.40. The molecule has 1 unspecified atom stereocenters. The van der Waals surface area contributed by atoms with Crippen molar-refractivity contribution in [3.05, 3.63) is 24.3 Å². The number of thioether (sulfide) groups is 2. The van der Waals surface area contributed by atoms with Gasteiger partial charge in [0.05, 0.1) is 23.2 Å². The number of anilines is 2. The van der Waals surface area contributed by atoms with E-state index in [0.717, 1.165) is 44.8 Å². The van der Waals surface area contributed by atoms with Crippen LogP contribution in [0.4, 0.5) is 11.4 Å². The van der Waals surface area contributed by atoms with E-state index in [1.807, 2.05) is 24.3 Å². The minimum Gasteiger partial charge on any atom is -0.452 e. The van der Waals surface area contributed by atoms with E-state index in [1.165, 1.54) is 30.8 Å². The van der Waals surface area contributed by atoms with E-state index in [0.29, 0.717) is 21.6 Å². The average Bonchev–Trinajstić information content (AvgIpc) is 3.29. The third-order valence-corrected chi connectivity index (χ3v) is 11.6. The van der Waals surface area contributed by atoms with Gasteiger partial charge in [0, 0.05) is 36.0 Å². The highest BCUT2D eigenvalue weighted by Gasteiger charge is 2.55. The number of carbonyl (C=O) groups is 2. The molecule has 8 heteroatoms. The average molecular weight is 491 g/mol. The summed E-state index contributed by atoms with van der Waals surface area (Å²) in [6, 6.07) is 7.81. The lowest BCUT2D eigenvalue weighted by Gasteiger charge is -2.51. The number of nitrogens with one attached hydrogen (secondary N) is 1. The molecule has 2 aliphatic carbocycles. The highest BCUT2D eigenvalue weighted by Crippen LogP contribution is 2.64. The minimum absolute atomic E-state index is 0.0734. The first-order valence-corrected chi connectivity index (χ1v) is 14.2. The zero-order valence-electron chi connectivity index (χ0n) is 19.3. The number of rotatable bonds is 5. The van der Waals surface area contributed by atoms with Crippen LogP contribution < -0.4 is 10.2 Å². The molecule has 1 aromatic carbocycles. The van der Waals surface area contributed by atoms with Gasteiger partial charge in [-0.2, -0.15) is 0 Å². The number of esters is 1. The Balaban J connectivity index is 1.14. The Labute approximate surface area is 204 Å². The van der Waals surface area contributed by atoms with Crippen LogP contribution in [0.2, 0.25) is 0 Å². The van der Waals surface area contributed by atoms with E-state index in [2.05, 4.69) is 33.7 Å². The van der Waals surface area contributed by atoms with E-state index in [1.54, 1.807) is 6.92 Å². The molecule has 1 aromatic rings. The topological polar surface area (TPSA) is 67.9 Å². The smallest absolute Gasteiger partial charge is 0.309 e. The standard InChI is InChI=1S/C25H34N2O4S2/c1-17(23(28)26-21-5-7-22(8-6-21)27-9-11-30-12-10-27)31-24(29)18-15-19-3-2-4-20(16-18)25(19)32-13-14-33-25/h5-8,17-20H,2-4,9-16H2,1H3,(H,26,28)/t17-,18?,19-,20+/m0/s1. The van der Waals surface area contributed by atoms with Crippen LogP contribution in [-0.2, 0) is 19.1 Å². The Kier molecular flexibility index (Phi) is 7.14. The van der Waals surface area contributed by atoms with Gasteiger partial charge in [0.15, 0.2) is 6.10 Å². The summed E-state index contributed by atoms with van der Waals surface area (Å²) in [5.41, 5.74) is 1.83. The van der Waals surface area contributed by atoms with Gasteiger partial charge in [-0.25, -0.2) is 0 Å². The predicted molar refractivity (Wildman–Crippen MR) is 135 cm³/mol. The molecule has 1 spiro atoms. The molecule has 2 heterocycles. The number of benzene rings is 1. The molecule has 4 atom stereocenters. The fourth-order valence-electron chi connectivity index (χ4n) is 5.95. The van der Waals surface area contributed by atoms with Gasteiger partial charge in [0.25, 0.3) is 5.91 Å². The first-order valence-electron chi connectivity index (χ1n) is 12.3. The molecule has 1 N–H and O–H groups in total. The molecule has 2 aliphatic heterocycles. The van der Waals surface area contributed by atoms with Crippen molar-refractivity contribution < 1.29 is 19.1 Å². The molecular weight excluding hydrogens is 456 g/mol. The van der Waals surface area contributed by atoms with Crippen molar-refractivity contribution in [3.63, 3.8) is 0 Å². The van der Waals surface area contributed by atoms with Crippen molar-refractivity contribution in [2.75, 3.05) is 48.0 Å². The number of nitrogens with zero attached hydrogens (tertiary/aromatic N) is 1. The van der Waals surface area contributed by atoms with Gasteiger partial charge >= 0.3 is 5.97 Å². The molecule has 33 heavy (non-hydrogen) atoms. The molecule has 0 aromatic heterocycles. The first-order chi connectivity index (χ1) is 16.0. The van der Waals surface area contributed by atoms with Crippen molar-refractivity contribution >= 4 is 46.8 Å². The third kappa shape index (κ3) is 4.89. The molecule has 180 valence electrons. The molecule has 2 saturated heterocycles. The fourth-order valence-corrected chi connectivity index (χ4v) is 9.88. The highest BCUT2D eigenvalue weighted by molar-refractivity contribution is 8.21. The highest BCUT2D eigenvalue weighted by atomic mass is 32.2. The number of amides is 1. The maximum Gasteiger partial charge on any atom is 0.309 e. The largest absolute Gasteiger partial charge is 0.452 e. The van der Waals surface area contributed by atoms with Crippen molar-refractivity contribution in [3.8, 4) is 0 Å². The fraction of sp³-hybridized carbons (Fsp3) is 0.680. The summed E-state index contributed by atoms with van der Waals surface area (Å²) in [7, 11) is 0.